The summed E-state index contributed by atoms with van der Waals surface area (Å²) in [6, 6.07) is 1.53. The number of aromatic nitrogens is 2. The smallest absolute Gasteiger partial charge is 0.220 e. The average Bonchev–Trinajstić information content (AvgIpc) is 1.88. The fourth-order valence-electron chi connectivity index (χ4n) is 0.570. The van der Waals surface area contributed by atoms with Crippen molar-refractivity contribution in [2.75, 3.05) is 5.73 Å². The van der Waals surface area contributed by atoms with Gasteiger partial charge >= 0.3 is 0 Å². The first kappa shape index (κ1) is 10.0. The Hall–Kier alpha value is -0.970. The maximum atomic E-state index is 10.7. The first-order valence-electron chi connectivity index (χ1n) is 2.79. The predicted octanol–water partition coefficient (Wildman–Crippen LogP) is 0.839. The van der Waals surface area contributed by atoms with Gasteiger partial charge in [-0.3, -0.25) is 4.79 Å². The van der Waals surface area contributed by atoms with Crippen LogP contribution < -0.4 is 5.73 Å². The number of carbonyl (C=O) groups excluding carboxylic acids is 1. The van der Waals surface area contributed by atoms with Gasteiger partial charge in [0.05, 0.1) is 0 Å². The number of carbonyl (C=O) groups is 1. The van der Waals surface area contributed by atoms with Gasteiger partial charge in [0.25, 0.3) is 0 Å². The van der Waals surface area contributed by atoms with Gasteiger partial charge in [0.2, 0.25) is 5.95 Å². The molecular formula is C6H8BrN3O. The van der Waals surface area contributed by atoms with E-state index in [1.807, 2.05) is 0 Å². The predicted molar refractivity (Wildman–Crippen MR) is 46.8 cm³/mol. The third-order valence-corrected chi connectivity index (χ3v) is 1.03. The zero-order valence-electron chi connectivity index (χ0n) is 5.94. The molecule has 0 saturated carbocycles. The highest BCUT2D eigenvalue weighted by molar-refractivity contribution is 8.93. The summed E-state index contributed by atoms with van der Waals surface area (Å²) >= 11 is 0. The molecule has 1 aromatic heterocycles. The van der Waals surface area contributed by atoms with Crippen LogP contribution in [0.5, 0.6) is 0 Å². The Balaban J connectivity index is 0.000001000. The van der Waals surface area contributed by atoms with E-state index < -0.39 is 0 Å². The van der Waals surface area contributed by atoms with Crippen LogP contribution in [-0.2, 0) is 0 Å². The first-order valence-corrected chi connectivity index (χ1v) is 2.79. The molecule has 2 N–H and O–H groups in total. The molecule has 5 heteroatoms. The summed E-state index contributed by atoms with van der Waals surface area (Å²) in [5.74, 6) is 0.0294. The highest BCUT2D eigenvalue weighted by Gasteiger charge is 1.99. The summed E-state index contributed by atoms with van der Waals surface area (Å²) in [5, 5.41) is 0. The lowest BCUT2D eigenvalue weighted by atomic mass is 10.3. The Bertz CT molecular complexity index is 264. The lowest BCUT2D eigenvalue weighted by Gasteiger charge is -1.92. The molecule has 0 spiro atoms. The molecule has 0 atom stereocenters. The minimum absolute atomic E-state index is 0. The van der Waals surface area contributed by atoms with Gasteiger partial charge in [-0.15, -0.1) is 17.0 Å². The third kappa shape index (κ3) is 2.63. The molecular weight excluding hydrogens is 210 g/mol. The van der Waals surface area contributed by atoms with Crippen LogP contribution in [0.1, 0.15) is 17.4 Å². The number of halogens is 1. The normalized spacial score (nSPS) is 8.45. The molecule has 0 aliphatic carbocycles. The molecule has 0 aliphatic heterocycles. The van der Waals surface area contributed by atoms with Crippen molar-refractivity contribution in [2.45, 2.75) is 6.92 Å². The van der Waals surface area contributed by atoms with Crippen molar-refractivity contribution in [3.8, 4) is 0 Å². The molecule has 60 valence electrons. The molecule has 0 aromatic carbocycles. The number of nitrogens with zero attached hydrogens (tertiary/aromatic N) is 2. The highest BCUT2D eigenvalue weighted by atomic mass is 79.9. The van der Waals surface area contributed by atoms with Crippen LogP contribution in [0.3, 0.4) is 0 Å². The van der Waals surface area contributed by atoms with Crippen molar-refractivity contribution in [2.24, 2.45) is 0 Å². The maximum absolute atomic E-state index is 10.7. The van der Waals surface area contributed by atoms with E-state index in [4.69, 9.17) is 5.73 Å². The van der Waals surface area contributed by atoms with E-state index in [0.29, 0.717) is 5.69 Å². The topological polar surface area (TPSA) is 68.9 Å². The standard InChI is InChI=1S/C6H7N3O.BrH/c1-4(10)5-2-3-8-6(7)9-5;/h2-3H,1H3,(H2,7,8,9);1H. The zero-order valence-corrected chi connectivity index (χ0v) is 7.66. The van der Waals surface area contributed by atoms with Crippen LogP contribution in [-0.4, -0.2) is 15.8 Å². The van der Waals surface area contributed by atoms with Crippen LogP contribution in [0, 0.1) is 0 Å². The summed E-state index contributed by atoms with van der Waals surface area (Å²) in [6.07, 6.45) is 1.46. The summed E-state index contributed by atoms with van der Waals surface area (Å²) in [5.41, 5.74) is 5.58. The number of hydrogen-bond donors (Lipinski definition) is 1. The van der Waals surface area contributed by atoms with Crippen LogP contribution in [0.15, 0.2) is 12.3 Å². The summed E-state index contributed by atoms with van der Waals surface area (Å²) in [4.78, 5) is 18.0. The summed E-state index contributed by atoms with van der Waals surface area (Å²) in [7, 11) is 0. The zero-order chi connectivity index (χ0) is 7.56. The van der Waals surface area contributed by atoms with Crippen molar-refractivity contribution in [3.05, 3.63) is 18.0 Å². The molecule has 0 amide bonds. The number of hydrogen-bond acceptors (Lipinski definition) is 4. The lowest BCUT2D eigenvalue weighted by Crippen LogP contribution is -2.01. The van der Waals surface area contributed by atoms with Gasteiger partial charge in [-0.2, -0.15) is 0 Å². The van der Waals surface area contributed by atoms with E-state index >= 15 is 0 Å². The number of ketones is 1. The van der Waals surface area contributed by atoms with Crippen LogP contribution in [0.4, 0.5) is 5.95 Å². The Morgan fingerprint density at radius 1 is 1.64 bits per heavy atom. The van der Waals surface area contributed by atoms with Crippen molar-refractivity contribution >= 4 is 28.7 Å². The van der Waals surface area contributed by atoms with Gasteiger partial charge in [0, 0.05) is 13.1 Å². The van der Waals surface area contributed by atoms with Crippen molar-refractivity contribution in [3.63, 3.8) is 0 Å². The molecule has 1 aromatic rings. The van der Waals surface area contributed by atoms with E-state index in [-0.39, 0.29) is 28.7 Å². The highest BCUT2D eigenvalue weighted by Crippen LogP contribution is 1.95. The number of nitrogens with two attached hydrogens (primary N) is 1. The molecule has 0 bridgehead atoms. The minimum Gasteiger partial charge on any atom is -0.368 e. The van der Waals surface area contributed by atoms with Crippen molar-refractivity contribution in [1.29, 1.82) is 0 Å². The number of nitrogen functional groups attached to an aromatic ring is 1. The summed E-state index contributed by atoms with van der Waals surface area (Å²) < 4.78 is 0. The minimum atomic E-state index is -0.103. The van der Waals surface area contributed by atoms with E-state index in [9.17, 15) is 4.79 Å². The first-order chi connectivity index (χ1) is 4.70. The Kier molecular flexibility index (Phi) is 3.67. The molecule has 0 radical (unpaired) electrons. The molecule has 1 rings (SSSR count). The van der Waals surface area contributed by atoms with E-state index in [1.54, 1.807) is 0 Å². The van der Waals surface area contributed by atoms with Gasteiger partial charge in [0.1, 0.15) is 5.69 Å². The van der Waals surface area contributed by atoms with Crippen molar-refractivity contribution in [1.82, 2.24) is 9.97 Å². The second kappa shape index (κ2) is 4.02. The van der Waals surface area contributed by atoms with Crippen LogP contribution in [0.25, 0.3) is 0 Å². The Morgan fingerprint density at radius 3 is 2.64 bits per heavy atom. The third-order valence-electron chi connectivity index (χ3n) is 1.03. The Labute approximate surface area is 74.6 Å². The molecule has 0 fully saturated rings. The molecule has 4 nitrogen and oxygen atoms in total. The van der Waals surface area contributed by atoms with Gasteiger partial charge in [-0.25, -0.2) is 9.97 Å². The quantitative estimate of drug-likeness (QED) is 0.709. The molecule has 0 aliphatic rings. The average molecular weight is 218 g/mol. The molecule has 11 heavy (non-hydrogen) atoms. The van der Waals surface area contributed by atoms with Gasteiger partial charge in [0.15, 0.2) is 5.78 Å². The monoisotopic (exact) mass is 217 g/mol. The number of rotatable bonds is 1. The van der Waals surface area contributed by atoms with Crippen LogP contribution >= 0.6 is 17.0 Å². The Morgan fingerprint density at radius 2 is 2.27 bits per heavy atom. The largest absolute Gasteiger partial charge is 0.368 e. The molecule has 0 unspecified atom stereocenters. The van der Waals surface area contributed by atoms with Gasteiger partial charge in [-0.05, 0) is 6.07 Å². The second-order valence-corrected chi connectivity index (χ2v) is 1.86. The van der Waals surface area contributed by atoms with E-state index in [1.165, 1.54) is 19.2 Å². The van der Waals surface area contributed by atoms with Gasteiger partial charge in [-0.1, -0.05) is 0 Å². The fourth-order valence-corrected chi connectivity index (χ4v) is 0.570. The second-order valence-electron chi connectivity index (χ2n) is 1.86. The number of anilines is 1. The molecule has 1 heterocycles. The van der Waals surface area contributed by atoms with Gasteiger partial charge < -0.3 is 5.73 Å². The lowest BCUT2D eigenvalue weighted by molar-refractivity contribution is 0.101. The molecule has 0 saturated heterocycles. The van der Waals surface area contributed by atoms with E-state index in [0.717, 1.165) is 0 Å². The number of Topliss-reactive ketones (excluding diaryl/α,β-unsaturated/α-hetero) is 1. The summed E-state index contributed by atoms with van der Waals surface area (Å²) in [6.45, 7) is 1.43. The van der Waals surface area contributed by atoms with Crippen LogP contribution in [0.2, 0.25) is 0 Å². The van der Waals surface area contributed by atoms with E-state index in [2.05, 4.69) is 9.97 Å². The fraction of sp³-hybridized carbons (Fsp3) is 0.167. The maximum Gasteiger partial charge on any atom is 0.220 e. The van der Waals surface area contributed by atoms with Crippen molar-refractivity contribution < 1.29 is 4.79 Å². The SMILES string of the molecule is Br.CC(=O)c1ccnc(N)n1.